The molecule has 0 radical (unpaired) electrons. The predicted molar refractivity (Wildman–Crippen MR) is 106 cm³/mol. The first-order chi connectivity index (χ1) is 13.2. The summed E-state index contributed by atoms with van der Waals surface area (Å²) in [5.74, 6) is -0.271. The Balaban J connectivity index is 1.62. The van der Waals surface area contributed by atoms with Crippen LogP contribution in [0.2, 0.25) is 0 Å². The fourth-order valence-corrected chi connectivity index (χ4v) is 6.58. The maximum atomic E-state index is 10.9. The first-order valence-electron chi connectivity index (χ1n) is 10.5. The van der Waals surface area contributed by atoms with Crippen LogP contribution in [0.5, 0.6) is 0 Å². The van der Waals surface area contributed by atoms with Gasteiger partial charge in [-0.25, -0.2) is 4.79 Å². The van der Waals surface area contributed by atoms with Crippen molar-refractivity contribution in [3.63, 3.8) is 0 Å². The summed E-state index contributed by atoms with van der Waals surface area (Å²) in [7, 11) is 0. The lowest BCUT2D eigenvalue weighted by atomic mass is 9.49. The number of carboxylic acid groups (broad SMARTS) is 1. The normalized spacial score (nSPS) is 43.1. The van der Waals surface area contributed by atoms with Crippen LogP contribution in [0, 0.1) is 22.7 Å². The van der Waals surface area contributed by atoms with Crippen LogP contribution in [-0.2, 0) is 9.53 Å². The molecule has 7 atom stereocenters. The van der Waals surface area contributed by atoms with Gasteiger partial charge < -0.3 is 20.1 Å². The number of carbonyl (C=O) groups is 1. The molecule has 4 aliphatic carbocycles. The highest BCUT2D eigenvalue weighted by Crippen LogP contribution is 2.63. The van der Waals surface area contributed by atoms with Crippen LogP contribution in [0.4, 0.5) is 0 Å². The molecule has 0 aromatic heterocycles. The van der Waals surface area contributed by atoms with Gasteiger partial charge in [0.2, 0.25) is 0 Å². The number of allylic oxidation sites excluding steroid dienone is 4. The van der Waals surface area contributed by atoms with Crippen LogP contribution in [0.3, 0.4) is 0 Å². The van der Waals surface area contributed by atoms with E-state index in [1.807, 2.05) is 6.92 Å². The summed E-state index contributed by atoms with van der Waals surface area (Å²) in [5.41, 5.74) is 3.49. The zero-order chi connectivity index (χ0) is 20.3. The first kappa shape index (κ1) is 19.9. The standard InChI is InChI=1S/C23H32O5/c1-13(28-12-21(26)27)17-6-7-18-16-5-4-14-10-15(24)11-20(25)23(14,3)19(16)8-9-22(17,18)2/h4-6,13,15,18-20,24-25H,7-12H2,1-3H3,(H,26,27)/t13-,15+,18-,19-,20-,22+,23-/m0/s1. The molecule has 5 nitrogen and oxygen atoms in total. The van der Waals surface area contributed by atoms with E-state index >= 15 is 0 Å². The van der Waals surface area contributed by atoms with Crippen molar-refractivity contribution < 1.29 is 24.9 Å². The third-order valence-electron chi connectivity index (χ3n) is 8.19. The van der Waals surface area contributed by atoms with Gasteiger partial charge in [-0.1, -0.05) is 43.2 Å². The second-order valence-electron chi connectivity index (χ2n) is 9.55. The van der Waals surface area contributed by atoms with Gasteiger partial charge in [-0.15, -0.1) is 0 Å². The maximum Gasteiger partial charge on any atom is 0.329 e. The van der Waals surface area contributed by atoms with Gasteiger partial charge in [0.1, 0.15) is 6.61 Å². The molecule has 0 amide bonds. The quantitative estimate of drug-likeness (QED) is 0.644. The number of hydrogen-bond acceptors (Lipinski definition) is 4. The van der Waals surface area contributed by atoms with Gasteiger partial charge >= 0.3 is 5.97 Å². The van der Waals surface area contributed by atoms with E-state index in [4.69, 9.17) is 9.84 Å². The second-order valence-corrected chi connectivity index (χ2v) is 9.55. The Morgan fingerprint density at radius 3 is 2.75 bits per heavy atom. The zero-order valence-corrected chi connectivity index (χ0v) is 17.0. The Bertz CT molecular complexity index is 765. The summed E-state index contributed by atoms with van der Waals surface area (Å²) in [5, 5.41) is 30.0. The molecule has 0 saturated heterocycles. The molecule has 0 aliphatic heterocycles. The molecular formula is C23H32O5. The topological polar surface area (TPSA) is 87.0 Å². The summed E-state index contributed by atoms with van der Waals surface area (Å²) in [4.78, 5) is 10.9. The molecule has 0 heterocycles. The molecule has 0 bridgehead atoms. The van der Waals surface area contributed by atoms with Gasteiger partial charge in [0, 0.05) is 11.8 Å². The van der Waals surface area contributed by atoms with E-state index in [0.717, 1.165) is 19.3 Å². The highest BCUT2D eigenvalue weighted by Gasteiger charge is 2.57. The second kappa shape index (κ2) is 6.82. The zero-order valence-electron chi connectivity index (χ0n) is 17.0. The van der Waals surface area contributed by atoms with Gasteiger partial charge in [0.15, 0.2) is 0 Å². The molecule has 4 aliphatic rings. The predicted octanol–water partition coefficient (Wildman–Crippen LogP) is 3.23. The maximum absolute atomic E-state index is 10.9. The van der Waals surface area contributed by atoms with Gasteiger partial charge in [0.25, 0.3) is 0 Å². The van der Waals surface area contributed by atoms with Crippen LogP contribution >= 0.6 is 0 Å². The molecule has 0 spiro atoms. The minimum atomic E-state index is -0.940. The van der Waals surface area contributed by atoms with Gasteiger partial charge in [0.05, 0.1) is 18.3 Å². The summed E-state index contributed by atoms with van der Waals surface area (Å²) >= 11 is 0. The largest absolute Gasteiger partial charge is 0.480 e. The summed E-state index contributed by atoms with van der Waals surface area (Å²) < 4.78 is 5.61. The summed E-state index contributed by atoms with van der Waals surface area (Å²) in [6.45, 7) is 6.15. The van der Waals surface area contributed by atoms with E-state index < -0.39 is 18.2 Å². The number of aliphatic carboxylic acids is 1. The van der Waals surface area contributed by atoms with Crippen LogP contribution in [-0.4, -0.2) is 46.2 Å². The first-order valence-corrected chi connectivity index (χ1v) is 10.5. The lowest BCUT2D eigenvalue weighted by molar-refractivity contribution is -0.143. The van der Waals surface area contributed by atoms with Crippen LogP contribution in [0.25, 0.3) is 0 Å². The van der Waals surface area contributed by atoms with E-state index in [2.05, 4.69) is 32.1 Å². The number of aliphatic hydroxyl groups is 2. The number of carboxylic acids is 1. The number of hydrogen-bond donors (Lipinski definition) is 3. The van der Waals surface area contributed by atoms with E-state index in [-0.39, 0.29) is 23.5 Å². The van der Waals surface area contributed by atoms with E-state index in [0.29, 0.717) is 24.7 Å². The van der Waals surface area contributed by atoms with Crippen LogP contribution in [0.15, 0.2) is 34.9 Å². The molecule has 0 aromatic carbocycles. The van der Waals surface area contributed by atoms with Crippen molar-refractivity contribution in [2.45, 2.75) is 71.2 Å². The van der Waals surface area contributed by atoms with Gasteiger partial charge in [-0.2, -0.15) is 0 Å². The van der Waals surface area contributed by atoms with Crippen molar-refractivity contribution in [2.24, 2.45) is 22.7 Å². The van der Waals surface area contributed by atoms with Gasteiger partial charge in [-0.3, -0.25) is 0 Å². The molecule has 2 saturated carbocycles. The molecule has 0 aromatic rings. The lowest BCUT2D eigenvalue weighted by Gasteiger charge is -2.56. The van der Waals surface area contributed by atoms with Crippen LogP contribution in [0.1, 0.15) is 52.9 Å². The van der Waals surface area contributed by atoms with E-state index in [1.165, 1.54) is 16.7 Å². The van der Waals surface area contributed by atoms with Crippen molar-refractivity contribution in [1.82, 2.24) is 0 Å². The Kier molecular flexibility index (Phi) is 4.84. The Labute approximate surface area is 166 Å². The highest BCUT2D eigenvalue weighted by atomic mass is 16.5. The SMILES string of the molecule is C[C@H](OCC(=O)O)C1=CC[C@H]2C3=CC=C4C[C@@H](O)C[C@H](O)[C@]4(C)[C@H]3CC[C@]12C. The van der Waals surface area contributed by atoms with E-state index in [1.54, 1.807) is 0 Å². The number of fused-ring (bicyclic) bond motifs is 5. The molecule has 3 N–H and O–H groups in total. The van der Waals surface area contributed by atoms with Crippen molar-refractivity contribution in [3.8, 4) is 0 Å². The van der Waals surface area contributed by atoms with Crippen molar-refractivity contribution in [1.29, 1.82) is 0 Å². The van der Waals surface area contributed by atoms with Crippen molar-refractivity contribution in [2.75, 3.05) is 6.61 Å². The smallest absolute Gasteiger partial charge is 0.329 e. The summed E-state index contributed by atoms with van der Waals surface area (Å²) in [6, 6.07) is 0. The monoisotopic (exact) mass is 388 g/mol. The van der Waals surface area contributed by atoms with Crippen molar-refractivity contribution >= 4 is 5.97 Å². The highest BCUT2D eigenvalue weighted by molar-refractivity contribution is 5.68. The number of aliphatic hydroxyl groups excluding tert-OH is 2. The minimum absolute atomic E-state index is 0.0267. The Morgan fingerprint density at radius 2 is 2.04 bits per heavy atom. The van der Waals surface area contributed by atoms with Crippen molar-refractivity contribution in [3.05, 3.63) is 34.9 Å². The Hall–Kier alpha value is -1.43. The van der Waals surface area contributed by atoms with E-state index in [9.17, 15) is 15.0 Å². The average molecular weight is 389 g/mol. The van der Waals surface area contributed by atoms with Crippen LogP contribution < -0.4 is 0 Å². The molecule has 5 heteroatoms. The Morgan fingerprint density at radius 1 is 1.29 bits per heavy atom. The van der Waals surface area contributed by atoms with Gasteiger partial charge in [-0.05, 0) is 55.4 Å². The minimum Gasteiger partial charge on any atom is -0.480 e. The summed E-state index contributed by atoms with van der Waals surface area (Å²) in [6.07, 6.45) is 9.49. The third kappa shape index (κ3) is 2.82. The molecule has 4 rings (SSSR count). The number of rotatable bonds is 4. The molecule has 2 fully saturated rings. The molecular weight excluding hydrogens is 356 g/mol. The molecule has 0 unspecified atom stereocenters. The fourth-order valence-electron chi connectivity index (χ4n) is 6.58. The third-order valence-corrected chi connectivity index (χ3v) is 8.19. The number of ether oxygens (including phenoxy) is 1. The molecule has 154 valence electrons. The average Bonchev–Trinajstić information content (AvgIpc) is 2.98. The fraction of sp³-hybridized carbons (Fsp3) is 0.696. The lowest BCUT2D eigenvalue weighted by Crippen LogP contribution is -2.52. The molecule has 28 heavy (non-hydrogen) atoms.